The Morgan fingerprint density at radius 3 is 2.56 bits per heavy atom. The smallest absolute Gasteiger partial charge is 0.311 e. The van der Waals surface area contributed by atoms with Crippen molar-refractivity contribution in [1.82, 2.24) is 0 Å². The first kappa shape index (κ1) is 13.2. The van der Waals surface area contributed by atoms with Gasteiger partial charge in [0.05, 0.1) is 5.92 Å². The lowest BCUT2D eigenvalue weighted by molar-refractivity contribution is -0.140. The molecule has 0 aromatic heterocycles. The fraction of sp³-hybridized carbons (Fsp3) is 0.462. The molecule has 2 unspecified atom stereocenters. The van der Waals surface area contributed by atoms with E-state index in [0.29, 0.717) is 0 Å². The molecule has 1 rings (SSSR count). The lowest BCUT2D eigenvalue weighted by atomic mass is 9.84. The Kier molecular flexibility index (Phi) is 5.00. The van der Waals surface area contributed by atoms with E-state index in [0.717, 1.165) is 22.9 Å². The molecule has 0 aliphatic carbocycles. The van der Waals surface area contributed by atoms with Crippen LogP contribution < -0.4 is 0 Å². The summed E-state index contributed by atoms with van der Waals surface area (Å²) in [6, 6.07) is 7.56. The summed E-state index contributed by atoms with van der Waals surface area (Å²) in [6.45, 7) is 4.08. The maximum Gasteiger partial charge on any atom is 0.311 e. The molecule has 2 atom stereocenters. The zero-order valence-electron chi connectivity index (χ0n) is 9.61. The number of halogens is 1. The minimum Gasteiger partial charge on any atom is -0.481 e. The van der Waals surface area contributed by atoms with Gasteiger partial charge in [0, 0.05) is 4.47 Å². The second-order valence-corrected chi connectivity index (χ2v) is 4.96. The molecule has 0 fully saturated rings. The van der Waals surface area contributed by atoms with E-state index in [1.807, 2.05) is 31.2 Å². The van der Waals surface area contributed by atoms with Gasteiger partial charge in [-0.3, -0.25) is 4.79 Å². The van der Waals surface area contributed by atoms with Crippen LogP contribution in [0.1, 0.15) is 38.2 Å². The molecule has 0 bridgehead atoms. The molecule has 3 heteroatoms. The number of carbonyl (C=O) groups is 1. The third-order valence-electron chi connectivity index (χ3n) is 2.82. The van der Waals surface area contributed by atoms with Crippen molar-refractivity contribution in [3.8, 4) is 0 Å². The Labute approximate surface area is 105 Å². The first-order valence-corrected chi connectivity index (χ1v) is 6.34. The summed E-state index contributed by atoms with van der Waals surface area (Å²) in [7, 11) is 0. The quantitative estimate of drug-likeness (QED) is 0.886. The van der Waals surface area contributed by atoms with Gasteiger partial charge in [0.2, 0.25) is 0 Å². The van der Waals surface area contributed by atoms with Crippen molar-refractivity contribution in [3.05, 3.63) is 34.3 Å². The summed E-state index contributed by atoms with van der Waals surface area (Å²) in [5.41, 5.74) is 0.871. The van der Waals surface area contributed by atoms with Crippen LogP contribution in [-0.4, -0.2) is 11.1 Å². The van der Waals surface area contributed by atoms with E-state index in [2.05, 4.69) is 22.9 Å². The van der Waals surface area contributed by atoms with E-state index in [9.17, 15) is 9.90 Å². The maximum absolute atomic E-state index is 11.3. The molecule has 0 amide bonds. The fourth-order valence-electron chi connectivity index (χ4n) is 2.03. The zero-order chi connectivity index (χ0) is 12.1. The summed E-state index contributed by atoms with van der Waals surface area (Å²) < 4.78 is 0.880. The van der Waals surface area contributed by atoms with Crippen molar-refractivity contribution in [1.29, 1.82) is 0 Å². The van der Waals surface area contributed by atoms with Gasteiger partial charge >= 0.3 is 5.97 Å². The third kappa shape index (κ3) is 3.08. The van der Waals surface area contributed by atoms with Crippen molar-refractivity contribution in [2.45, 2.75) is 32.6 Å². The predicted molar refractivity (Wildman–Crippen MR) is 68.6 cm³/mol. The monoisotopic (exact) mass is 284 g/mol. The highest BCUT2D eigenvalue weighted by atomic mass is 79.9. The largest absolute Gasteiger partial charge is 0.481 e. The average molecular weight is 285 g/mol. The molecule has 0 aliphatic heterocycles. The van der Waals surface area contributed by atoms with Gasteiger partial charge in [-0.25, -0.2) is 0 Å². The van der Waals surface area contributed by atoms with Crippen LogP contribution in [0.5, 0.6) is 0 Å². The van der Waals surface area contributed by atoms with E-state index in [1.165, 1.54) is 0 Å². The molecule has 0 heterocycles. The number of carboxylic acid groups (broad SMARTS) is 1. The van der Waals surface area contributed by atoms with Crippen LogP contribution in [0.3, 0.4) is 0 Å². The highest BCUT2D eigenvalue weighted by Crippen LogP contribution is 2.32. The van der Waals surface area contributed by atoms with E-state index in [1.54, 1.807) is 0 Å². The van der Waals surface area contributed by atoms with Gasteiger partial charge in [0.1, 0.15) is 0 Å². The second-order valence-electron chi connectivity index (χ2n) is 4.10. The molecule has 2 nitrogen and oxygen atoms in total. The van der Waals surface area contributed by atoms with Crippen LogP contribution >= 0.6 is 15.9 Å². The standard InChI is InChI=1S/C13H17BrO2/c1-3-6-9(2)12(13(15)16)10-7-4-5-8-11(10)14/h4-5,7-9,12H,3,6H2,1-2H3,(H,15,16). The van der Waals surface area contributed by atoms with Crippen LogP contribution in [0.15, 0.2) is 28.7 Å². The van der Waals surface area contributed by atoms with Crippen LogP contribution in [0.4, 0.5) is 0 Å². The second kappa shape index (κ2) is 6.04. The van der Waals surface area contributed by atoms with Crippen molar-refractivity contribution < 1.29 is 9.90 Å². The minimum atomic E-state index is -0.743. The van der Waals surface area contributed by atoms with Crippen LogP contribution in [0.25, 0.3) is 0 Å². The summed E-state index contributed by atoms with van der Waals surface area (Å²) in [4.78, 5) is 11.3. The first-order valence-electron chi connectivity index (χ1n) is 5.55. The number of aliphatic carboxylic acids is 1. The van der Waals surface area contributed by atoms with Crippen molar-refractivity contribution in [2.24, 2.45) is 5.92 Å². The van der Waals surface area contributed by atoms with Gasteiger partial charge in [-0.05, 0) is 24.0 Å². The van der Waals surface area contributed by atoms with E-state index < -0.39 is 11.9 Å². The average Bonchev–Trinajstić information content (AvgIpc) is 2.21. The number of carboxylic acids is 1. The molecule has 16 heavy (non-hydrogen) atoms. The summed E-state index contributed by atoms with van der Waals surface area (Å²) in [5.74, 6) is -1.01. The predicted octanol–water partition coefficient (Wildman–Crippen LogP) is 4.05. The SMILES string of the molecule is CCCC(C)C(C(=O)O)c1ccccc1Br. The molecule has 0 saturated heterocycles. The maximum atomic E-state index is 11.3. The molecule has 1 aromatic rings. The number of hydrogen-bond acceptors (Lipinski definition) is 1. The third-order valence-corrected chi connectivity index (χ3v) is 3.54. The minimum absolute atomic E-state index is 0.154. The molecule has 1 aromatic carbocycles. The molecule has 88 valence electrons. The summed E-state index contributed by atoms with van der Waals surface area (Å²) in [6.07, 6.45) is 1.94. The number of hydrogen-bond donors (Lipinski definition) is 1. The Morgan fingerprint density at radius 1 is 1.44 bits per heavy atom. The van der Waals surface area contributed by atoms with Gasteiger partial charge in [0.25, 0.3) is 0 Å². The summed E-state index contributed by atoms with van der Waals surface area (Å²) in [5, 5.41) is 9.33. The van der Waals surface area contributed by atoms with Gasteiger partial charge < -0.3 is 5.11 Å². The Hall–Kier alpha value is -0.830. The van der Waals surface area contributed by atoms with Crippen molar-refractivity contribution in [3.63, 3.8) is 0 Å². The highest BCUT2D eigenvalue weighted by Gasteiger charge is 2.27. The molecular weight excluding hydrogens is 268 g/mol. The molecular formula is C13H17BrO2. The topological polar surface area (TPSA) is 37.3 Å². The van der Waals surface area contributed by atoms with Gasteiger partial charge in [-0.1, -0.05) is 54.4 Å². The van der Waals surface area contributed by atoms with Gasteiger partial charge in [0.15, 0.2) is 0 Å². The van der Waals surface area contributed by atoms with Crippen LogP contribution in [0, 0.1) is 5.92 Å². The number of rotatable bonds is 5. The first-order chi connectivity index (χ1) is 7.57. The highest BCUT2D eigenvalue weighted by molar-refractivity contribution is 9.10. The molecule has 0 spiro atoms. The van der Waals surface area contributed by atoms with Crippen LogP contribution in [0.2, 0.25) is 0 Å². The van der Waals surface area contributed by atoms with Crippen molar-refractivity contribution >= 4 is 21.9 Å². The molecule has 1 N–H and O–H groups in total. The van der Waals surface area contributed by atoms with E-state index in [4.69, 9.17) is 0 Å². The van der Waals surface area contributed by atoms with Crippen LogP contribution in [-0.2, 0) is 4.79 Å². The number of benzene rings is 1. The Balaban J connectivity index is 3.03. The van der Waals surface area contributed by atoms with E-state index >= 15 is 0 Å². The fourth-order valence-corrected chi connectivity index (χ4v) is 2.56. The molecule has 0 radical (unpaired) electrons. The van der Waals surface area contributed by atoms with Gasteiger partial charge in [-0.2, -0.15) is 0 Å². The normalized spacial score (nSPS) is 14.4. The van der Waals surface area contributed by atoms with Crippen molar-refractivity contribution in [2.75, 3.05) is 0 Å². The van der Waals surface area contributed by atoms with Gasteiger partial charge in [-0.15, -0.1) is 0 Å². The zero-order valence-corrected chi connectivity index (χ0v) is 11.2. The molecule has 0 saturated carbocycles. The Bertz CT molecular complexity index is 363. The van der Waals surface area contributed by atoms with E-state index in [-0.39, 0.29) is 5.92 Å². The lowest BCUT2D eigenvalue weighted by Crippen LogP contribution is -2.19. The lowest BCUT2D eigenvalue weighted by Gasteiger charge is -2.21. The molecule has 0 aliphatic rings. The summed E-state index contributed by atoms with van der Waals surface area (Å²) >= 11 is 3.42. The Morgan fingerprint density at radius 2 is 2.06 bits per heavy atom.